The van der Waals surface area contributed by atoms with Gasteiger partial charge >= 0.3 is 0 Å². The highest BCUT2D eigenvalue weighted by atomic mass is 79.9. The van der Waals surface area contributed by atoms with Gasteiger partial charge in [0.05, 0.1) is 23.2 Å². The van der Waals surface area contributed by atoms with E-state index < -0.39 is 0 Å². The van der Waals surface area contributed by atoms with Crippen molar-refractivity contribution in [3.05, 3.63) is 28.2 Å². The number of likely N-dealkylation sites (N-methyl/N-ethyl adjacent to an activating group) is 1. The molecule has 1 aromatic carbocycles. The SMILES string of the molecule is CNC(c1ccc(OCCOC)c(Br)c1)C1CCCO1. The van der Waals surface area contributed by atoms with Gasteiger partial charge in [-0.1, -0.05) is 6.07 Å². The Morgan fingerprint density at radius 3 is 2.90 bits per heavy atom. The number of rotatable bonds is 7. The molecule has 0 saturated carbocycles. The summed E-state index contributed by atoms with van der Waals surface area (Å²) in [5.41, 5.74) is 1.21. The van der Waals surface area contributed by atoms with Crippen molar-refractivity contribution in [2.24, 2.45) is 0 Å². The third-order valence-corrected chi connectivity index (χ3v) is 4.13. The van der Waals surface area contributed by atoms with Crippen LogP contribution in [-0.2, 0) is 9.47 Å². The summed E-state index contributed by atoms with van der Waals surface area (Å²) in [6.07, 6.45) is 2.50. The summed E-state index contributed by atoms with van der Waals surface area (Å²) in [5.74, 6) is 0.841. The van der Waals surface area contributed by atoms with Crippen LogP contribution >= 0.6 is 15.9 Å². The molecular weight excluding hydrogens is 322 g/mol. The molecule has 1 aliphatic heterocycles. The van der Waals surface area contributed by atoms with Crippen LogP contribution in [0.15, 0.2) is 22.7 Å². The summed E-state index contributed by atoms with van der Waals surface area (Å²) in [5, 5.41) is 3.35. The highest BCUT2D eigenvalue weighted by Crippen LogP contribution is 2.32. The number of nitrogens with one attached hydrogen (secondary N) is 1. The van der Waals surface area contributed by atoms with Crippen molar-refractivity contribution in [1.82, 2.24) is 5.32 Å². The van der Waals surface area contributed by atoms with E-state index in [9.17, 15) is 0 Å². The maximum Gasteiger partial charge on any atom is 0.133 e. The Kier molecular flexibility index (Phi) is 6.29. The Morgan fingerprint density at radius 1 is 1.45 bits per heavy atom. The second-order valence-corrected chi connectivity index (χ2v) is 5.70. The van der Waals surface area contributed by atoms with Crippen molar-refractivity contribution >= 4 is 15.9 Å². The van der Waals surface area contributed by atoms with E-state index >= 15 is 0 Å². The van der Waals surface area contributed by atoms with Crippen molar-refractivity contribution in [3.8, 4) is 5.75 Å². The van der Waals surface area contributed by atoms with Crippen molar-refractivity contribution in [2.75, 3.05) is 34.0 Å². The molecule has 0 spiro atoms. The van der Waals surface area contributed by atoms with Gasteiger partial charge in [-0.3, -0.25) is 0 Å². The zero-order valence-corrected chi connectivity index (χ0v) is 13.6. The molecule has 0 radical (unpaired) electrons. The van der Waals surface area contributed by atoms with Crippen LogP contribution < -0.4 is 10.1 Å². The standard InChI is InChI=1S/C15H22BrNO3/c1-17-15(14-4-3-7-19-14)11-5-6-13(12(16)10-11)20-9-8-18-2/h5-6,10,14-15,17H,3-4,7-9H2,1-2H3. The lowest BCUT2D eigenvalue weighted by atomic mass is 9.99. The zero-order chi connectivity index (χ0) is 14.4. The normalized spacial score (nSPS) is 20.1. The Balaban J connectivity index is 2.06. The minimum atomic E-state index is 0.224. The van der Waals surface area contributed by atoms with Gasteiger partial charge in [0.2, 0.25) is 0 Å². The number of hydrogen-bond donors (Lipinski definition) is 1. The molecule has 2 rings (SSSR count). The molecule has 5 heteroatoms. The molecule has 2 atom stereocenters. The van der Waals surface area contributed by atoms with E-state index in [0.717, 1.165) is 29.7 Å². The molecule has 1 heterocycles. The Bertz CT molecular complexity index is 422. The van der Waals surface area contributed by atoms with Crippen LogP contribution in [0.1, 0.15) is 24.4 Å². The monoisotopic (exact) mass is 343 g/mol. The van der Waals surface area contributed by atoms with E-state index in [-0.39, 0.29) is 12.1 Å². The zero-order valence-electron chi connectivity index (χ0n) is 12.0. The lowest BCUT2D eigenvalue weighted by Gasteiger charge is -2.23. The molecule has 1 aromatic rings. The van der Waals surface area contributed by atoms with Gasteiger partial charge in [0, 0.05) is 13.7 Å². The fourth-order valence-electron chi connectivity index (χ4n) is 2.50. The largest absolute Gasteiger partial charge is 0.490 e. The fourth-order valence-corrected chi connectivity index (χ4v) is 3.01. The van der Waals surface area contributed by atoms with Gasteiger partial charge in [0.25, 0.3) is 0 Å². The first kappa shape index (κ1) is 15.8. The van der Waals surface area contributed by atoms with Gasteiger partial charge < -0.3 is 19.5 Å². The van der Waals surface area contributed by atoms with E-state index in [1.54, 1.807) is 7.11 Å². The van der Waals surface area contributed by atoms with Gasteiger partial charge in [0.15, 0.2) is 0 Å². The second-order valence-electron chi connectivity index (χ2n) is 4.85. The average Bonchev–Trinajstić information content (AvgIpc) is 2.96. The molecule has 1 fully saturated rings. The van der Waals surface area contributed by atoms with Crippen molar-refractivity contribution < 1.29 is 14.2 Å². The van der Waals surface area contributed by atoms with Crippen molar-refractivity contribution in [1.29, 1.82) is 0 Å². The molecule has 0 amide bonds. The summed E-state index contributed by atoms with van der Waals surface area (Å²) >= 11 is 3.57. The lowest BCUT2D eigenvalue weighted by Crippen LogP contribution is -2.28. The molecule has 0 aromatic heterocycles. The summed E-state index contributed by atoms with van der Waals surface area (Å²) in [4.78, 5) is 0. The molecule has 1 saturated heterocycles. The van der Waals surface area contributed by atoms with Gasteiger partial charge in [0.1, 0.15) is 12.4 Å². The molecule has 0 bridgehead atoms. The molecule has 0 aliphatic carbocycles. The number of ether oxygens (including phenoxy) is 3. The molecule has 1 N–H and O–H groups in total. The number of halogens is 1. The second kappa shape index (κ2) is 7.98. The van der Waals surface area contributed by atoms with E-state index in [2.05, 4.69) is 33.4 Å². The van der Waals surface area contributed by atoms with Gasteiger partial charge in [-0.15, -0.1) is 0 Å². The van der Waals surface area contributed by atoms with Crippen LogP contribution in [0.25, 0.3) is 0 Å². The van der Waals surface area contributed by atoms with E-state index in [4.69, 9.17) is 14.2 Å². The van der Waals surface area contributed by atoms with Crippen molar-refractivity contribution in [3.63, 3.8) is 0 Å². The summed E-state index contributed by atoms with van der Waals surface area (Å²) < 4.78 is 17.4. The van der Waals surface area contributed by atoms with Gasteiger partial charge in [-0.25, -0.2) is 0 Å². The average molecular weight is 344 g/mol. The van der Waals surface area contributed by atoms with Crippen LogP contribution in [0.2, 0.25) is 0 Å². The molecule has 20 heavy (non-hydrogen) atoms. The highest BCUT2D eigenvalue weighted by Gasteiger charge is 2.26. The van der Waals surface area contributed by atoms with Crippen LogP contribution in [0, 0.1) is 0 Å². The van der Waals surface area contributed by atoms with Gasteiger partial charge in [-0.2, -0.15) is 0 Å². The Hall–Kier alpha value is -0.620. The number of hydrogen-bond acceptors (Lipinski definition) is 4. The molecular formula is C15H22BrNO3. The Morgan fingerprint density at radius 2 is 2.30 bits per heavy atom. The van der Waals surface area contributed by atoms with Gasteiger partial charge in [-0.05, 0) is 53.5 Å². The summed E-state index contributed by atoms with van der Waals surface area (Å²) in [7, 11) is 3.64. The quantitative estimate of drug-likeness (QED) is 0.772. The Labute approximate surface area is 128 Å². The third kappa shape index (κ3) is 3.95. The van der Waals surface area contributed by atoms with Crippen LogP contribution in [0.5, 0.6) is 5.75 Å². The first-order valence-corrected chi connectivity index (χ1v) is 7.75. The molecule has 2 unspecified atom stereocenters. The molecule has 112 valence electrons. The van der Waals surface area contributed by atoms with E-state index in [1.165, 1.54) is 5.56 Å². The summed E-state index contributed by atoms with van der Waals surface area (Å²) in [6.45, 7) is 2.00. The van der Waals surface area contributed by atoms with Crippen LogP contribution in [-0.4, -0.2) is 40.1 Å². The minimum Gasteiger partial charge on any atom is -0.490 e. The smallest absolute Gasteiger partial charge is 0.133 e. The van der Waals surface area contributed by atoms with Crippen molar-refractivity contribution in [2.45, 2.75) is 25.0 Å². The predicted octanol–water partition coefficient (Wildman–Crippen LogP) is 2.91. The first-order valence-electron chi connectivity index (χ1n) is 6.96. The van der Waals surface area contributed by atoms with E-state index in [0.29, 0.717) is 13.2 Å². The maximum absolute atomic E-state index is 5.78. The van der Waals surface area contributed by atoms with Crippen LogP contribution in [0.4, 0.5) is 0 Å². The predicted molar refractivity (Wildman–Crippen MR) is 82.3 cm³/mol. The lowest BCUT2D eigenvalue weighted by molar-refractivity contribution is 0.0807. The van der Waals surface area contributed by atoms with Crippen LogP contribution in [0.3, 0.4) is 0 Å². The number of methoxy groups -OCH3 is 1. The fraction of sp³-hybridized carbons (Fsp3) is 0.600. The topological polar surface area (TPSA) is 39.7 Å². The third-order valence-electron chi connectivity index (χ3n) is 3.51. The molecule has 4 nitrogen and oxygen atoms in total. The highest BCUT2D eigenvalue weighted by molar-refractivity contribution is 9.10. The van der Waals surface area contributed by atoms with E-state index in [1.807, 2.05) is 13.1 Å². The minimum absolute atomic E-state index is 0.224. The number of benzene rings is 1. The summed E-state index contributed by atoms with van der Waals surface area (Å²) in [6, 6.07) is 6.41. The molecule has 1 aliphatic rings. The maximum atomic E-state index is 5.78. The first-order chi connectivity index (χ1) is 9.76.